The summed E-state index contributed by atoms with van der Waals surface area (Å²) in [5.41, 5.74) is 2.74. The molecule has 2 heterocycles. The van der Waals surface area contributed by atoms with Crippen LogP contribution in [0.3, 0.4) is 0 Å². The summed E-state index contributed by atoms with van der Waals surface area (Å²) in [5, 5.41) is 15.7. The zero-order valence-corrected chi connectivity index (χ0v) is 17.2. The molecule has 0 amide bonds. The Kier molecular flexibility index (Phi) is 5.07. The molecule has 0 saturated heterocycles. The Morgan fingerprint density at radius 1 is 1.25 bits per heavy atom. The molecule has 1 aliphatic carbocycles. The van der Waals surface area contributed by atoms with Crippen molar-refractivity contribution in [3.8, 4) is 0 Å². The molecule has 4 rings (SSSR count). The number of carbonyl (C=O) groups excluding carboxylic acids is 1. The predicted molar refractivity (Wildman–Crippen MR) is 110 cm³/mol. The summed E-state index contributed by atoms with van der Waals surface area (Å²) >= 11 is 2.85. The first-order valence-electron chi connectivity index (χ1n) is 9.09. The van der Waals surface area contributed by atoms with Crippen LogP contribution in [0.15, 0.2) is 40.1 Å². The van der Waals surface area contributed by atoms with Gasteiger partial charge in [0, 0.05) is 10.9 Å². The summed E-state index contributed by atoms with van der Waals surface area (Å²) in [6, 6.07) is 8.62. The second-order valence-electron chi connectivity index (χ2n) is 6.81. The van der Waals surface area contributed by atoms with E-state index >= 15 is 0 Å². The molecule has 0 bridgehead atoms. The Morgan fingerprint density at radius 2 is 2.00 bits per heavy atom. The molecule has 8 heteroatoms. The van der Waals surface area contributed by atoms with Crippen molar-refractivity contribution in [2.24, 2.45) is 0 Å². The first-order valence-corrected chi connectivity index (χ1v) is 10.7. The van der Waals surface area contributed by atoms with Crippen molar-refractivity contribution in [3.63, 3.8) is 0 Å². The summed E-state index contributed by atoms with van der Waals surface area (Å²) in [7, 11) is 0. The summed E-state index contributed by atoms with van der Waals surface area (Å²) in [4.78, 5) is 27.3. The molecular formula is C20H19N3O3S2. The summed E-state index contributed by atoms with van der Waals surface area (Å²) in [6.07, 6.45) is 4.43. The van der Waals surface area contributed by atoms with Crippen LogP contribution in [0.2, 0.25) is 0 Å². The molecule has 0 spiro atoms. The van der Waals surface area contributed by atoms with Gasteiger partial charge in [0.25, 0.3) is 11.6 Å². The number of benzene rings is 1. The molecule has 0 unspecified atom stereocenters. The van der Waals surface area contributed by atoms with E-state index in [9.17, 15) is 14.9 Å². The molecular weight excluding hydrogens is 394 g/mol. The fraction of sp³-hybridized carbons (Fsp3) is 0.300. The van der Waals surface area contributed by atoms with Gasteiger partial charge >= 0.3 is 0 Å². The third-order valence-corrected chi connectivity index (χ3v) is 7.48. The molecule has 1 aromatic carbocycles. The largest absolute Gasteiger partial charge is 0.288 e. The smallest absolute Gasteiger partial charge is 0.266 e. The van der Waals surface area contributed by atoms with Crippen LogP contribution in [0.25, 0.3) is 0 Å². The first kappa shape index (κ1) is 18.9. The van der Waals surface area contributed by atoms with Gasteiger partial charge in [0.15, 0.2) is 0 Å². The number of thiophene rings is 1. The molecule has 0 fully saturated rings. The fourth-order valence-corrected chi connectivity index (χ4v) is 5.69. The standard InChI is InChI=1S/C20H19N3O3S2/c1-12-19(28-17-10-6-4-8-15(17)23(25)26)13(2)22(21-12)20(24)18-11-14-7-3-5-9-16(14)27-18/h4,6,8,10-11H,3,5,7,9H2,1-2H3. The number of hydrogen-bond acceptors (Lipinski definition) is 6. The summed E-state index contributed by atoms with van der Waals surface area (Å²) < 4.78 is 1.43. The van der Waals surface area contributed by atoms with Crippen molar-refractivity contribution in [3.05, 3.63) is 67.2 Å². The molecule has 28 heavy (non-hydrogen) atoms. The number of aryl methyl sites for hydroxylation is 3. The van der Waals surface area contributed by atoms with Crippen molar-refractivity contribution in [1.29, 1.82) is 0 Å². The third-order valence-electron chi connectivity index (χ3n) is 4.90. The summed E-state index contributed by atoms with van der Waals surface area (Å²) in [5.74, 6) is -0.130. The monoisotopic (exact) mass is 413 g/mol. The molecule has 0 radical (unpaired) electrons. The maximum atomic E-state index is 13.1. The lowest BCUT2D eigenvalue weighted by molar-refractivity contribution is -0.387. The molecule has 0 saturated carbocycles. The Labute approximate surface area is 170 Å². The van der Waals surface area contributed by atoms with Gasteiger partial charge in [0.2, 0.25) is 0 Å². The average molecular weight is 414 g/mol. The van der Waals surface area contributed by atoms with Gasteiger partial charge in [-0.1, -0.05) is 23.9 Å². The van der Waals surface area contributed by atoms with E-state index in [1.54, 1.807) is 29.5 Å². The van der Waals surface area contributed by atoms with Gasteiger partial charge in [-0.25, -0.2) is 0 Å². The van der Waals surface area contributed by atoms with Crippen LogP contribution >= 0.6 is 23.1 Å². The zero-order chi connectivity index (χ0) is 19.8. The minimum absolute atomic E-state index is 0.0521. The number of fused-ring (bicyclic) bond motifs is 1. The topological polar surface area (TPSA) is 78.0 Å². The third kappa shape index (κ3) is 3.38. The molecule has 0 aliphatic heterocycles. The number of carbonyl (C=O) groups is 1. The molecule has 6 nitrogen and oxygen atoms in total. The van der Waals surface area contributed by atoms with Gasteiger partial charge in [0.05, 0.1) is 31.0 Å². The van der Waals surface area contributed by atoms with E-state index in [1.807, 2.05) is 19.9 Å². The highest BCUT2D eigenvalue weighted by atomic mass is 32.2. The summed E-state index contributed by atoms with van der Waals surface area (Å²) in [6.45, 7) is 3.66. The van der Waals surface area contributed by atoms with Crippen molar-refractivity contribution in [1.82, 2.24) is 9.78 Å². The van der Waals surface area contributed by atoms with Crippen molar-refractivity contribution >= 4 is 34.7 Å². The lowest BCUT2D eigenvalue weighted by atomic mass is 9.99. The Hall–Kier alpha value is -2.45. The Bertz CT molecular complexity index is 1060. The van der Waals surface area contributed by atoms with Crippen LogP contribution in [0, 0.1) is 24.0 Å². The maximum absolute atomic E-state index is 13.1. The van der Waals surface area contributed by atoms with Crippen molar-refractivity contribution in [2.75, 3.05) is 0 Å². The van der Waals surface area contributed by atoms with Gasteiger partial charge in [-0.3, -0.25) is 14.9 Å². The van der Waals surface area contributed by atoms with E-state index in [1.165, 1.54) is 45.8 Å². The van der Waals surface area contributed by atoms with Gasteiger partial charge < -0.3 is 0 Å². The lowest BCUT2D eigenvalue weighted by Crippen LogP contribution is -2.14. The van der Waals surface area contributed by atoms with Gasteiger partial charge in [0.1, 0.15) is 0 Å². The second kappa shape index (κ2) is 7.52. The van der Waals surface area contributed by atoms with Gasteiger partial charge in [-0.2, -0.15) is 9.78 Å². The highest BCUT2D eigenvalue weighted by Gasteiger charge is 2.24. The SMILES string of the molecule is Cc1nn(C(=O)c2cc3c(s2)CCCC3)c(C)c1Sc1ccccc1[N+](=O)[O-]. The van der Waals surface area contributed by atoms with E-state index in [0.717, 1.165) is 17.7 Å². The number of para-hydroxylation sites is 1. The van der Waals surface area contributed by atoms with Crippen LogP contribution in [0.4, 0.5) is 5.69 Å². The van der Waals surface area contributed by atoms with Crippen molar-refractivity contribution < 1.29 is 9.72 Å². The van der Waals surface area contributed by atoms with Gasteiger partial charge in [-0.05, 0) is 57.2 Å². The van der Waals surface area contributed by atoms with E-state index in [0.29, 0.717) is 21.2 Å². The van der Waals surface area contributed by atoms with E-state index in [4.69, 9.17) is 0 Å². The minimum Gasteiger partial charge on any atom is -0.266 e. The van der Waals surface area contributed by atoms with Gasteiger partial charge in [-0.15, -0.1) is 11.3 Å². The van der Waals surface area contributed by atoms with Crippen LogP contribution in [-0.2, 0) is 12.8 Å². The fourth-order valence-electron chi connectivity index (χ4n) is 3.48. The molecule has 1 aliphatic rings. The normalized spacial score (nSPS) is 13.4. The Balaban J connectivity index is 1.67. The predicted octanol–water partition coefficient (Wildman–Crippen LogP) is 5.19. The first-order chi connectivity index (χ1) is 13.5. The Morgan fingerprint density at radius 3 is 2.75 bits per heavy atom. The highest BCUT2D eigenvalue weighted by Crippen LogP contribution is 2.38. The average Bonchev–Trinajstić information content (AvgIpc) is 3.24. The molecule has 144 valence electrons. The van der Waals surface area contributed by atoms with Crippen molar-refractivity contribution in [2.45, 2.75) is 49.3 Å². The van der Waals surface area contributed by atoms with Crippen LogP contribution in [0.1, 0.15) is 44.3 Å². The number of rotatable bonds is 4. The number of nitro benzene ring substituents is 1. The molecule has 0 atom stereocenters. The maximum Gasteiger partial charge on any atom is 0.288 e. The lowest BCUT2D eigenvalue weighted by Gasteiger charge is -2.08. The van der Waals surface area contributed by atoms with E-state index < -0.39 is 4.92 Å². The minimum atomic E-state index is -0.390. The zero-order valence-electron chi connectivity index (χ0n) is 15.6. The molecule has 2 aromatic heterocycles. The van der Waals surface area contributed by atoms with E-state index in [2.05, 4.69) is 5.10 Å². The van der Waals surface area contributed by atoms with E-state index in [-0.39, 0.29) is 11.6 Å². The highest BCUT2D eigenvalue weighted by molar-refractivity contribution is 7.99. The quantitative estimate of drug-likeness (QED) is 0.434. The second-order valence-corrected chi connectivity index (χ2v) is 9.00. The number of hydrogen-bond donors (Lipinski definition) is 0. The van der Waals surface area contributed by atoms with Crippen LogP contribution in [-0.4, -0.2) is 20.6 Å². The number of aromatic nitrogens is 2. The van der Waals surface area contributed by atoms with Crippen LogP contribution < -0.4 is 0 Å². The number of nitro groups is 1. The van der Waals surface area contributed by atoms with Crippen LogP contribution in [0.5, 0.6) is 0 Å². The number of nitrogens with zero attached hydrogens (tertiary/aromatic N) is 3. The molecule has 0 N–H and O–H groups in total. The molecule has 3 aromatic rings.